The molecule has 0 spiro atoms. The molecule has 0 unspecified atom stereocenters. The fourth-order valence-corrected chi connectivity index (χ4v) is 2.24. The standard InChI is InChI=1S/C15H11Cl2N3O/c16-11-5-12(17)7-14(6-11)19-9-15(21)20-13-3-1-2-10(4-13)8-18/h1-7,19H,9H2,(H,20,21). The number of nitriles is 1. The molecule has 2 aromatic rings. The fourth-order valence-electron chi connectivity index (χ4n) is 1.71. The summed E-state index contributed by atoms with van der Waals surface area (Å²) in [7, 11) is 0. The van der Waals surface area contributed by atoms with Crippen LogP contribution in [0.1, 0.15) is 5.56 Å². The molecule has 0 aromatic heterocycles. The van der Waals surface area contributed by atoms with Crippen LogP contribution in [0.3, 0.4) is 0 Å². The molecule has 2 N–H and O–H groups in total. The van der Waals surface area contributed by atoms with Gasteiger partial charge in [-0.25, -0.2) is 0 Å². The van der Waals surface area contributed by atoms with Crippen LogP contribution in [-0.2, 0) is 4.79 Å². The highest BCUT2D eigenvalue weighted by Gasteiger charge is 2.04. The van der Waals surface area contributed by atoms with Crippen LogP contribution >= 0.6 is 23.2 Å². The van der Waals surface area contributed by atoms with Crippen LogP contribution in [0.5, 0.6) is 0 Å². The van der Waals surface area contributed by atoms with Crippen LogP contribution in [0.4, 0.5) is 11.4 Å². The molecular formula is C15H11Cl2N3O. The molecule has 0 radical (unpaired) electrons. The van der Waals surface area contributed by atoms with Crippen LogP contribution in [0.2, 0.25) is 10.0 Å². The number of nitrogens with zero attached hydrogens (tertiary/aromatic N) is 1. The highest BCUT2D eigenvalue weighted by molar-refractivity contribution is 6.35. The number of carbonyl (C=O) groups is 1. The van der Waals surface area contributed by atoms with Gasteiger partial charge in [-0.1, -0.05) is 29.3 Å². The molecule has 0 saturated carbocycles. The lowest BCUT2D eigenvalue weighted by atomic mass is 10.2. The summed E-state index contributed by atoms with van der Waals surface area (Å²) in [6.07, 6.45) is 0. The quantitative estimate of drug-likeness (QED) is 0.897. The zero-order valence-corrected chi connectivity index (χ0v) is 12.4. The van der Waals surface area contributed by atoms with E-state index < -0.39 is 0 Å². The molecule has 0 aliphatic heterocycles. The highest BCUT2D eigenvalue weighted by atomic mass is 35.5. The first-order valence-corrected chi connectivity index (χ1v) is 6.82. The molecule has 0 atom stereocenters. The van der Waals surface area contributed by atoms with Crippen molar-refractivity contribution in [2.45, 2.75) is 0 Å². The van der Waals surface area contributed by atoms with Gasteiger partial charge in [-0.15, -0.1) is 0 Å². The average Bonchev–Trinajstić information content (AvgIpc) is 2.44. The Hall–Kier alpha value is -2.22. The first-order valence-electron chi connectivity index (χ1n) is 6.07. The number of nitrogens with one attached hydrogen (secondary N) is 2. The molecule has 0 aliphatic carbocycles. The largest absolute Gasteiger partial charge is 0.376 e. The van der Waals surface area contributed by atoms with Crippen molar-refractivity contribution >= 4 is 40.5 Å². The van der Waals surface area contributed by atoms with Gasteiger partial charge in [0.25, 0.3) is 0 Å². The molecule has 2 aromatic carbocycles. The van der Waals surface area contributed by atoms with Gasteiger partial charge in [0.05, 0.1) is 18.2 Å². The summed E-state index contributed by atoms with van der Waals surface area (Å²) >= 11 is 11.7. The van der Waals surface area contributed by atoms with E-state index in [9.17, 15) is 4.79 Å². The zero-order valence-electron chi connectivity index (χ0n) is 10.9. The van der Waals surface area contributed by atoms with E-state index in [0.29, 0.717) is 27.0 Å². The minimum atomic E-state index is -0.235. The maximum absolute atomic E-state index is 11.8. The van der Waals surface area contributed by atoms with Gasteiger partial charge in [-0.05, 0) is 36.4 Å². The highest BCUT2D eigenvalue weighted by Crippen LogP contribution is 2.22. The Balaban J connectivity index is 1.94. The average molecular weight is 320 g/mol. The third-order valence-corrected chi connectivity index (χ3v) is 3.03. The van der Waals surface area contributed by atoms with E-state index >= 15 is 0 Å². The molecule has 4 nitrogen and oxygen atoms in total. The van der Waals surface area contributed by atoms with Crippen molar-refractivity contribution in [3.05, 3.63) is 58.1 Å². The van der Waals surface area contributed by atoms with Crippen LogP contribution in [0.25, 0.3) is 0 Å². The number of amides is 1. The predicted molar refractivity (Wildman–Crippen MR) is 84.7 cm³/mol. The first-order chi connectivity index (χ1) is 10.1. The van der Waals surface area contributed by atoms with Gasteiger partial charge in [0.2, 0.25) is 5.91 Å². The molecule has 0 aliphatic rings. The summed E-state index contributed by atoms with van der Waals surface area (Å²) in [6.45, 7) is 0.0629. The minimum absolute atomic E-state index is 0.0629. The van der Waals surface area contributed by atoms with E-state index in [1.54, 1.807) is 42.5 Å². The summed E-state index contributed by atoms with van der Waals surface area (Å²) in [4.78, 5) is 11.8. The Bertz CT molecular complexity index is 690. The molecule has 0 fully saturated rings. The molecule has 0 heterocycles. The number of carbonyl (C=O) groups excluding carboxylic acids is 1. The molecule has 1 amide bonds. The van der Waals surface area contributed by atoms with Gasteiger partial charge in [0.15, 0.2) is 0 Å². The topological polar surface area (TPSA) is 64.9 Å². The Morgan fingerprint density at radius 3 is 2.48 bits per heavy atom. The summed E-state index contributed by atoms with van der Waals surface area (Å²) < 4.78 is 0. The van der Waals surface area contributed by atoms with Crippen molar-refractivity contribution in [3.8, 4) is 6.07 Å². The van der Waals surface area contributed by atoms with E-state index in [0.717, 1.165) is 0 Å². The Morgan fingerprint density at radius 2 is 1.81 bits per heavy atom. The van der Waals surface area contributed by atoms with E-state index in [2.05, 4.69) is 10.6 Å². The van der Waals surface area contributed by atoms with Crippen LogP contribution in [0, 0.1) is 11.3 Å². The summed E-state index contributed by atoms with van der Waals surface area (Å²) in [6, 6.07) is 13.7. The zero-order chi connectivity index (χ0) is 15.2. The van der Waals surface area contributed by atoms with E-state index in [-0.39, 0.29) is 12.5 Å². The van der Waals surface area contributed by atoms with Gasteiger partial charge in [-0.2, -0.15) is 5.26 Å². The predicted octanol–water partition coefficient (Wildman–Crippen LogP) is 3.92. The minimum Gasteiger partial charge on any atom is -0.376 e. The summed E-state index contributed by atoms with van der Waals surface area (Å²) in [5, 5.41) is 15.4. The van der Waals surface area contributed by atoms with E-state index in [1.165, 1.54) is 0 Å². The van der Waals surface area contributed by atoms with Crippen LogP contribution < -0.4 is 10.6 Å². The van der Waals surface area contributed by atoms with Crippen LogP contribution in [0.15, 0.2) is 42.5 Å². The van der Waals surface area contributed by atoms with E-state index in [4.69, 9.17) is 28.5 Å². The molecule has 106 valence electrons. The number of hydrogen-bond donors (Lipinski definition) is 2. The third kappa shape index (κ3) is 4.67. The van der Waals surface area contributed by atoms with Crippen LogP contribution in [-0.4, -0.2) is 12.5 Å². The van der Waals surface area contributed by atoms with Gasteiger partial charge < -0.3 is 10.6 Å². The van der Waals surface area contributed by atoms with Gasteiger partial charge in [0, 0.05) is 21.4 Å². The van der Waals surface area contributed by atoms with Crippen molar-refractivity contribution in [1.82, 2.24) is 0 Å². The second kappa shape index (κ2) is 6.98. The SMILES string of the molecule is N#Cc1cccc(NC(=O)CNc2cc(Cl)cc(Cl)c2)c1. The number of rotatable bonds is 4. The smallest absolute Gasteiger partial charge is 0.243 e. The summed E-state index contributed by atoms with van der Waals surface area (Å²) in [5.74, 6) is -0.235. The van der Waals surface area contributed by atoms with Crippen molar-refractivity contribution in [2.75, 3.05) is 17.2 Å². The second-order valence-corrected chi connectivity index (χ2v) is 5.13. The number of hydrogen-bond acceptors (Lipinski definition) is 3. The Morgan fingerprint density at radius 1 is 1.10 bits per heavy atom. The molecular weight excluding hydrogens is 309 g/mol. The molecule has 6 heteroatoms. The number of benzene rings is 2. The lowest BCUT2D eigenvalue weighted by molar-refractivity contribution is -0.114. The maximum Gasteiger partial charge on any atom is 0.243 e. The lowest BCUT2D eigenvalue weighted by Gasteiger charge is -2.08. The van der Waals surface area contributed by atoms with Crippen molar-refractivity contribution in [1.29, 1.82) is 5.26 Å². The Labute approximate surface area is 132 Å². The van der Waals surface area contributed by atoms with Crippen molar-refractivity contribution in [3.63, 3.8) is 0 Å². The molecule has 21 heavy (non-hydrogen) atoms. The lowest BCUT2D eigenvalue weighted by Crippen LogP contribution is -2.21. The van der Waals surface area contributed by atoms with Gasteiger partial charge in [-0.3, -0.25) is 4.79 Å². The molecule has 0 bridgehead atoms. The van der Waals surface area contributed by atoms with Crippen molar-refractivity contribution < 1.29 is 4.79 Å². The first kappa shape index (κ1) is 15.2. The fraction of sp³-hybridized carbons (Fsp3) is 0.0667. The van der Waals surface area contributed by atoms with Gasteiger partial charge >= 0.3 is 0 Å². The van der Waals surface area contributed by atoms with Gasteiger partial charge in [0.1, 0.15) is 0 Å². The molecule has 2 rings (SSSR count). The summed E-state index contributed by atoms with van der Waals surface area (Å²) in [5.41, 5.74) is 1.72. The Kier molecular flexibility index (Phi) is 5.04. The normalized spacial score (nSPS) is 9.76. The monoisotopic (exact) mass is 319 g/mol. The molecule has 0 saturated heterocycles. The maximum atomic E-state index is 11.8. The number of anilines is 2. The van der Waals surface area contributed by atoms with Crippen molar-refractivity contribution in [2.24, 2.45) is 0 Å². The van der Waals surface area contributed by atoms with E-state index in [1.807, 2.05) is 6.07 Å². The third-order valence-electron chi connectivity index (χ3n) is 2.59. The number of halogens is 2. The second-order valence-electron chi connectivity index (χ2n) is 4.25.